The number of urea groups is 1. The van der Waals surface area contributed by atoms with Crippen LogP contribution < -0.4 is 5.32 Å². The van der Waals surface area contributed by atoms with Crippen LogP contribution in [0.4, 0.5) is 4.79 Å². The summed E-state index contributed by atoms with van der Waals surface area (Å²) < 4.78 is 0. The van der Waals surface area contributed by atoms with Gasteiger partial charge in [0.05, 0.1) is 0 Å². The van der Waals surface area contributed by atoms with Crippen molar-refractivity contribution in [2.24, 2.45) is 0 Å². The molecule has 1 aliphatic heterocycles. The largest absolute Gasteiger partial charge is 0.338 e. The summed E-state index contributed by atoms with van der Waals surface area (Å²) in [6.45, 7) is 1.22. The maximum atomic E-state index is 13.2. The summed E-state index contributed by atoms with van der Waals surface area (Å²) in [6.07, 6.45) is 5.27. The molecule has 4 rings (SSSR count). The van der Waals surface area contributed by atoms with Crippen molar-refractivity contribution in [1.82, 2.24) is 15.1 Å². The van der Waals surface area contributed by atoms with E-state index in [1.807, 2.05) is 53.4 Å². The summed E-state index contributed by atoms with van der Waals surface area (Å²) in [4.78, 5) is 41.8. The standard InChI is InChI=1S/C26H31N3O3/c30-23(15-19-29-24(31)26(27-25(29)32)16-8-3-9-17-26)28(20-22-12-6-2-7-13-22)18-14-21-10-4-1-5-11-21/h1-2,4-7,10-13H,3,8-9,14-20H2,(H,27,32). The molecule has 168 valence electrons. The zero-order valence-corrected chi connectivity index (χ0v) is 18.5. The fourth-order valence-corrected chi connectivity index (χ4v) is 4.74. The van der Waals surface area contributed by atoms with E-state index in [0.717, 1.165) is 31.2 Å². The summed E-state index contributed by atoms with van der Waals surface area (Å²) in [5.74, 6) is -0.205. The Hall–Kier alpha value is -3.15. The highest BCUT2D eigenvalue weighted by Gasteiger charge is 2.51. The van der Waals surface area contributed by atoms with Crippen LogP contribution in [0.1, 0.15) is 49.7 Å². The Kier molecular flexibility index (Phi) is 6.88. The third-order valence-corrected chi connectivity index (χ3v) is 6.58. The minimum absolute atomic E-state index is 0.0463. The van der Waals surface area contributed by atoms with Crippen molar-refractivity contribution in [2.75, 3.05) is 13.1 Å². The van der Waals surface area contributed by atoms with E-state index < -0.39 is 5.54 Å². The predicted octanol–water partition coefficient (Wildman–Crippen LogP) is 3.90. The van der Waals surface area contributed by atoms with Crippen molar-refractivity contribution in [3.8, 4) is 0 Å². The summed E-state index contributed by atoms with van der Waals surface area (Å²) in [6, 6.07) is 19.6. The molecule has 1 spiro atoms. The highest BCUT2D eigenvalue weighted by molar-refractivity contribution is 6.07. The Bertz CT molecular complexity index is 939. The van der Waals surface area contributed by atoms with Crippen molar-refractivity contribution in [3.63, 3.8) is 0 Å². The molecular weight excluding hydrogens is 402 g/mol. The van der Waals surface area contributed by atoms with Crippen molar-refractivity contribution in [3.05, 3.63) is 71.8 Å². The Morgan fingerprint density at radius 2 is 1.53 bits per heavy atom. The van der Waals surface area contributed by atoms with E-state index in [1.165, 1.54) is 10.5 Å². The number of benzene rings is 2. The van der Waals surface area contributed by atoms with E-state index in [2.05, 4.69) is 17.4 Å². The van der Waals surface area contributed by atoms with Crippen molar-refractivity contribution in [2.45, 2.75) is 57.0 Å². The van der Waals surface area contributed by atoms with Gasteiger partial charge in [0, 0.05) is 26.1 Å². The van der Waals surface area contributed by atoms with Crippen LogP contribution in [0.15, 0.2) is 60.7 Å². The molecule has 0 unspecified atom stereocenters. The van der Waals surface area contributed by atoms with Crippen LogP contribution in [0.3, 0.4) is 0 Å². The predicted molar refractivity (Wildman–Crippen MR) is 123 cm³/mol. The Morgan fingerprint density at radius 1 is 0.906 bits per heavy atom. The van der Waals surface area contributed by atoms with Crippen LogP contribution in [-0.4, -0.2) is 46.3 Å². The van der Waals surface area contributed by atoms with E-state index >= 15 is 0 Å². The van der Waals surface area contributed by atoms with E-state index in [9.17, 15) is 14.4 Å². The Morgan fingerprint density at radius 3 is 2.19 bits per heavy atom. The molecule has 1 N–H and O–H groups in total. The molecule has 1 saturated carbocycles. The van der Waals surface area contributed by atoms with Crippen molar-refractivity contribution < 1.29 is 14.4 Å². The number of carbonyl (C=O) groups is 3. The molecular formula is C26H31N3O3. The van der Waals surface area contributed by atoms with Gasteiger partial charge in [0.2, 0.25) is 5.91 Å². The Labute approximate surface area is 189 Å². The molecule has 0 radical (unpaired) electrons. The lowest BCUT2D eigenvalue weighted by molar-refractivity contribution is -0.134. The SMILES string of the molecule is O=C(CCN1C(=O)NC2(CCCCC2)C1=O)N(CCc1ccccc1)Cc1ccccc1. The molecule has 2 aliphatic rings. The van der Waals surface area contributed by atoms with Crippen LogP contribution >= 0.6 is 0 Å². The second kappa shape index (κ2) is 9.98. The molecule has 4 amide bonds. The smallest absolute Gasteiger partial charge is 0.325 e. The van der Waals surface area contributed by atoms with Crippen molar-refractivity contribution >= 4 is 17.8 Å². The third-order valence-electron chi connectivity index (χ3n) is 6.58. The zero-order chi connectivity index (χ0) is 22.4. The van der Waals surface area contributed by atoms with Gasteiger partial charge in [-0.2, -0.15) is 0 Å². The topological polar surface area (TPSA) is 69.7 Å². The molecule has 1 aliphatic carbocycles. The fraction of sp³-hybridized carbons (Fsp3) is 0.423. The second-order valence-corrected chi connectivity index (χ2v) is 8.82. The molecule has 6 heteroatoms. The van der Waals surface area contributed by atoms with Crippen LogP contribution in [0, 0.1) is 0 Å². The lowest BCUT2D eigenvalue weighted by atomic mass is 9.82. The van der Waals surface area contributed by atoms with Crippen LogP contribution in [0.5, 0.6) is 0 Å². The van der Waals surface area contributed by atoms with Gasteiger partial charge in [-0.1, -0.05) is 79.9 Å². The van der Waals surface area contributed by atoms with Crippen LogP contribution in [0.2, 0.25) is 0 Å². The molecule has 32 heavy (non-hydrogen) atoms. The number of hydrogen-bond acceptors (Lipinski definition) is 3. The quantitative estimate of drug-likeness (QED) is 0.642. The number of imide groups is 1. The maximum Gasteiger partial charge on any atom is 0.325 e. The van der Waals surface area contributed by atoms with Gasteiger partial charge >= 0.3 is 6.03 Å². The lowest BCUT2D eigenvalue weighted by Crippen LogP contribution is -2.48. The molecule has 1 saturated heterocycles. The highest BCUT2D eigenvalue weighted by atomic mass is 16.2. The van der Waals surface area contributed by atoms with E-state index in [0.29, 0.717) is 25.9 Å². The van der Waals surface area contributed by atoms with Gasteiger partial charge < -0.3 is 10.2 Å². The minimum Gasteiger partial charge on any atom is -0.338 e. The number of nitrogens with zero attached hydrogens (tertiary/aromatic N) is 2. The fourth-order valence-electron chi connectivity index (χ4n) is 4.74. The number of amides is 4. The molecule has 0 bridgehead atoms. The first-order valence-electron chi connectivity index (χ1n) is 11.6. The van der Waals surface area contributed by atoms with Gasteiger partial charge in [-0.25, -0.2) is 4.79 Å². The van der Waals surface area contributed by atoms with Gasteiger partial charge in [-0.15, -0.1) is 0 Å². The molecule has 0 aromatic heterocycles. The number of hydrogen-bond donors (Lipinski definition) is 1. The lowest BCUT2D eigenvalue weighted by Gasteiger charge is -2.30. The summed E-state index contributed by atoms with van der Waals surface area (Å²) >= 11 is 0. The van der Waals surface area contributed by atoms with Crippen LogP contribution in [-0.2, 0) is 22.6 Å². The van der Waals surface area contributed by atoms with Gasteiger partial charge in [0.1, 0.15) is 5.54 Å². The first-order valence-corrected chi connectivity index (χ1v) is 11.6. The molecule has 2 aromatic rings. The summed E-state index contributed by atoms with van der Waals surface area (Å²) in [7, 11) is 0. The molecule has 0 atom stereocenters. The van der Waals surface area contributed by atoms with Crippen LogP contribution in [0.25, 0.3) is 0 Å². The highest BCUT2D eigenvalue weighted by Crippen LogP contribution is 2.33. The van der Waals surface area contributed by atoms with Crippen molar-refractivity contribution in [1.29, 1.82) is 0 Å². The maximum absolute atomic E-state index is 13.2. The number of nitrogens with one attached hydrogen (secondary N) is 1. The van der Waals surface area contributed by atoms with Gasteiger partial charge in [0.15, 0.2) is 0 Å². The monoisotopic (exact) mass is 433 g/mol. The normalized spacial score (nSPS) is 17.4. The first kappa shape index (κ1) is 22.1. The summed E-state index contributed by atoms with van der Waals surface area (Å²) in [5.41, 5.74) is 1.49. The second-order valence-electron chi connectivity index (χ2n) is 8.82. The third kappa shape index (κ3) is 5.01. The average Bonchev–Trinajstić information content (AvgIpc) is 3.05. The summed E-state index contributed by atoms with van der Waals surface area (Å²) in [5, 5.41) is 2.92. The number of carbonyl (C=O) groups excluding carboxylic acids is 3. The molecule has 6 nitrogen and oxygen atoms in total. The first-order chi connectivity index (χ1) is 15.6. The van der Waals surface area contributed by atoms with E-state index in [-0.39, 0.29) is 30.8 Å². The van der Waals surface area contributed by atoms with E-state index in [1.54, 1.807) is 0 Å². The number of rotatable bonds is 8. The Balaban J connectivity index is 1.40. The van der Waals surface area contributed by atoms with Gasteiger partial charge in [-0.05, 0) is 30.4 Å². The molecule has 2 fully saturated rings. The average molecular weight is 434 g/mol. The molecule has 1 heterocycles. The molecule has 2 aromatic carbocycles. The van der Waals surface area contributed by atoms with E-state index in [4.69, 9.17) is 0 Å². The minimum atomic E-state index is -0.741. The zero-order valence-electron chi connectivity index (χ0n) is 18.5. The van der Waals surface area contributed by atoms with Gasteiger partial charge in [-0.3, -0.25) is 14.5 Å². The van der Waals surface area contributed by atoms with Gasteiger partial charge in [0.25, 0.3) is 5.91 Å².